The van der Waals surface area contributed by atoms with Gasteiger partial charge in [-0.25, -0.2) is 14.0 Å². The van der Waals surface area contributed by atoms with E-state index in [9.17, 15) is 18.8 Å². The van der Waals surface area contributed by atoms with E-state index in [2.05, 4.69) is 5.32 Å². The van der Waals surface area contributed by atoms with Crippen molar-refractivity contribution in [2.75, 3.05) is 11.9 Å². The third-order valence-corrected chi connectivity index (χ3v) is 4.99. The number of ether oxygens (including phenoxy) is 1. The number of imide groups is 1. The summed E-state index contributed by atoms with van der Waals surface area (Å²) in [7, 11) is 0. The van der Waals surface area contributed by atoms with Gasteiger partial charge in [-0.15, -0.1) is 11.3 Å². The molecule has 0 aliphatic carbocycles. The highest BCUT2D eigenvalue weighted by atomic mass is 32.1. The summed E-state index contributed by atoms with van der Waals surface area (Å²) >= 11 is 1.27. The molecule has 6 nitrogen and oxygen atoms in total. The van der Waals surface area contributed by atoms with E-state index in [1.165, 1.54) is 35.6 Å². The van der Waals surface area contributed by atoms with Gasteiger partial charge in [0.15, 0.2) is 6.61 Å². The molecule has 0 saturated heterocycles. The van der Waals surface area contributed by atoms with E-state index in [-0.39, 0.29) is 5.69 Å². The molecule has 0 bridgehead atoms. The molecule has 3 aromatic rings. The van der Waals surface area contributed by atoms with Crippen molar-refractivity contribution in [1.29, 1.82) is 0 Å². The van der Waals surface area contributed by atoms with Gasteiger partial charge in [0, 0.05) is 4.70 Å². The second-order valence-electron chi connectivity index (χ2n) is 5.61. The van der Waals surface area contributed by atoms with Gasteiger partial charge in [0.2, 0.25) is 0 Å². The van der Waals surface area contributed by atoms with Gasteiger partial charge in [0.1, 0.15) is 10.7 Å². The number of esters is 1. The zero-order valence-corrected chi connectivity index (χ0v) is 15.1. The van der Waals surface area contributed by atoms with Gasteiger partial charge in [-0.05, 0) is 36.1 Å². The average Bonchev–Trinajstić information content (AvgIpc) is 2.99. The Morgan fingerprint density at radius 1 is 1.07 bits per heavy atom. The van der Waals surface area contributed by atoms with E-state index in [1.54, 1.807) is 6.92 Å². The van der Waals surface area contributed by atoms with Crippen LogP contribution in [0.3, 0.4) is 0 Å². The summed E-state index contributed by atoms with van der Waals surface area (Å²) in [6.07, 6.45) is 0. The van der Waals surface area contributed by atoms with Crippen molar-refractivity contribution < 1.29 is 23.5 Å². The first-order valence-electron chi connectivity index (χ1n) is 7.96. The fraction of sp³-hybridized carbons (Fsp3) is 0.105. The first-order valence-corrected chi connectivity index (χ1v) is 8.78. The van der Waals surface area contributed by atoms with Crippen LogP contribution < -0.4 is 10.6 Å². The van der Waals surface area contributed by atoms with Gasteiger partial charge in [-0.3, -0.25) is 10.1 Å². The molecular formula is C19H15FN2O4S. The van der Waals surface area contributed by atoms with Crippen LogP contribution in [0, 0.1) is 12.7 Å². The first-order chi connectivity index (χ1) is 13.0. The van der Waals surface area contributed by atoms with Crippen LogP contribution in [-0.2, 0) is 9.53 Å². The number of carbonyl (C=O) groups is 3. The van der Waals surface area contributed by atoms with Crippen LogP contribution in [0.1, 0.15) is 15.2 Å². The smallest absolute Gasteiger partial charge is 0.349 e. The summed E-state index contributed by atoms with van der Waals surface area (Å²) in [5, 5.41) is 5.12. The van der Waals surface area contributed by atoms with Crippen molar-refractivity contribution in [3.63, 3.8) is 0 Å². The van der Waals surface area contributed by atoms with Gasteiger partial charge in [-0.2, -0.15) is 0 Å². The Morgan fingerprint density at radius 3 is 2.52 bits per heavy atom. The Balaban J connectivity index is 1.55. The number of benzene rings is 2. The van der Waals surface area contributed by atoms with Crippen LogP contribution in [0.4, 0.5) is 14.9 Å². The molecule has 0 unspecified atom stereocenters. The number of para-hydroxylation sites is 1. The quantitative estimate of drug-likeness (QED) is 0.667. The second kappa shape index (κ2) is 7.96. The summed E-state index contributed by atoms with van der Waals surface area (Å²) in [4.78, 5) is 36.1. The maximum Gasteiger partial charge on any atom is 0.349 e. The Labute approximate surface area is 157 Å². The first kappa shape index (κ1) is 18.5. The molecule has 2 N–H and O–H groups in total. The number of anilines is 1. The lowest BCUT2D eigenvalue weighted by Crippen LogP contribution is -2.37. The molecule has 0 spiro atoms. The SMILES string of the molecule is Cc1c(C(=O)OCC(=O)NC(=O)Nc2ccccc2F)sc2ccccc12. The number of thiophene rings is 1. The van der Waals surface area contributed by atoms with Crippen LogP contribution in [0.2, 0.25) is 0 Å². The Kier molecular flexibility index (Phi) is 5.46. The lowest BCUT2D eigenvalue weighted by molar-refractivity contribution is -0.123. The van der Waals surface area contributed by atoms with Crippen molar-refractivity contribution in [2.45, 2.75) is 6.92 Å². The van der Waals surface area contributed by atoms with E-state index in [0.717, 1.165) is 15.6 Å². The van der Waals surface area contributed by atoms with Gasteiger partial charge in [0.25, 0.3) is 5.91 Å². The highest BCUT2D eigenvalue weighted by molar-refractivity contribution is 7.21. The Bertz CT molecular complexity index is 1030. The lowest BCUT2D eigenvalue weighted by Gasteiger charge is -2.08. The van der Waals surface area contributed by atoms with Crippen molar-refractivity contribution >= 4 is 45.0 Å². The number of aryl methyl sites for hydroxylation is 1. The maximum atomic E-state index is 13.5. The highest BCUT2D eigenvalue weighted by Crippen LogP contribution is 2.30. The maximum absolute atomic E-state index is 13.5. The monoisotopic (exact) mass is 386 g/mol. The summed E-state index contributed by atoms with van der Waals surface area (Å²) in [6, 6.07) is 12.2. The minimum atomic E-state index is -0.917. The third-order valence-electron chi connectivity index (χ3n) is 3.74. The Hall–Kier alpha value is -3.26. The predicted molar refractivity (Wildman–Crippen MR) is 100 cm³/mol. The molecule has 3 amide bonds. The fourth-order valence-corrected chi connectivity index (χ4v) is 3.55. The lowest BCUT2D eigenvalue weighted by atomic mass is 10.1. The molecule has 0 radical (unpaired) electrons. The highest BCUT2D eigenvalue weighted by Gasteiger charge is 2.18. The van der Waals surface area contributed by atoms with E-state index in [0.29, 0.717) is 4.88 Å². The minimum Gasteiger partial charge on any atom is -0.451 e. The molecule has 27 heavy (non-hydrogen) atoms. The number of rotatable bonds is 4. The van der Waals surface area contributed by atoms with Gasteiger partial charge < -0.3 is 10.1 Å². The number of urea groups is 1. The predicted octanol–water partition coefficient (Wildman–Crippen LogP) is 3.85. The number of amides is 3. The summed E-state index contributed by atoms with van der Waals surface area (Å²) < 4.78 is 19.4. The molecule has 2 aromatic carbocycles. The van der Waals surface area contributed by atoms with E-state index < -0.39 is 30.3 Å². The normalized spacial score (nSPS) is 10.4. The van der Waals surface area contributed by atoms with Gasteiger partial charge >= 0.3 is 12.0 Å². The molecule has 3 rings (SSSR count). The van der Waals surface area contributed by atoms with Crippen LogP contribution in [0.15, 0.2) is 48.5 Å². The summed E-state index contributed by atoms with van der Waals surface area (Å²) in [5.74, 6) is -2.10. The van der Waals surface area contributed by atoms with Crippen LogP contribution >= 0.6 is 11.3 Å². The molecule has 0 aliphatic heterocycles. The van der Waals surface area contributed by atoms with Crippen LogP contribution in [0.25, 0.3) is 10.1 Å². The molecular weight excluding hydrogens is 371 g/mol. The molecule has 138 valence electrons. The fourth-order valence-electron chi connectivity index (χ4n) is 2.44. The number of fused-ring (bicyclic) bond motifs is 1. The van der Waals surface area contributed by atoms with Crippen molar-refractivity contribution in [3.05, 3.63) is 64.8 Å². The molecule has 8 heteroatoms. The number of hydrogen-bond acceptors (Lipinski definition) is 5. The van der Waals surface area contributed by atoms with Gasteiger partial charge in [0.05, 0.1) is 5.69 Å². The number of halogens is 1. The van der Waals surface area contributed by atoms with Crippen molar-refractivity contribution in [1.82, 2.24) is 5.32 Å². The van der Waals surface area contributed by atoms with Crippen LogP contribution in [-0.4, -0.2) is 24.5 Å². The molecule has 0 atom stereocenters. The number of carbonyl (C=O) groups excluding carboxylic acids is 3. The standard InChI is InChI=1S/C19H15FN2O4S/c1-11-12-6-2-5-9-15(12)27-17(11)18(24)26-10-16(23)22-19(25)21-14-8-4-3-7-13(14)20/h2-9H,10H2,1H3,(H2,21,22,23,25). The van der Waals surface area contributed by atoms with Gasteiger partial charge in [-0.1, -0.05) is 30.3 Å². The second-order valence-corrected chi connectivity index (χ2v) is 6.66. The molecule has 0 aliphatic rings. The van der Waals surface area contributed by atoms with E-state index >= 15 is 0 Å². The average molecular weight is 386 g/mol. The number of nitrogens with one attached hydrogen (secondary N) is 2. The summed E-state index contributed by atoms with van der Waals surface area (Å²) in [5.41, 5.74) is 0.707. The van der Waals surface area contributed by atoms with E-state index in [4.69, 9.17) is 4.74 Å². The molecule has 0 fully saturated rings. The Morgan fingerprint density at radius 2 is 1.78 bits per heavy atom. The van der Waals surface area contributed by atoms with E-state index in [1.807, 2.05) is 29.6 Å². The largest absolute Gasteiger partial charge is 0.451 e. The molecule has 1 heterocycles. The summed E-state index contributed by atoms with van der Waals surface area (Å²) in [6.45, 7) is 1.18. The van der Waals surface area contributed by atoms with Crippen molar-refractivity contribution in [2.24, 2.45) is 0 Å². The molecule has 1 aromatic heterocycles. The molecule has 0 saturated carbocycles. The third kappa shape index (κ3) is 4.29. The topological polar surface area (TPSA) is 84.5 Å². The number of hydrogen-bond donors (Lipinski definition) is 2. The van der Waals surface area contributed by atoms with Crippen LogP contribution in [0.5, 0.6) is 0 Å². The van der Waals surface area contributed by atoms with Crippen molar-refractivity contribution in [3.8, 4) is 0 Å². The minimum absolute atomic E-state index is 0.0688. The zero-order valence-electron chi connectivity index (χ0n) is 14.2. The zero-order chi connectivity index (χ0) is 19.4.